The van der Waals surface area contributed by atoms with Crippen LogP contribution < -0.4 is 10.6 Å². The fourth-order valence-electron chi connectivity index (χ4n) is 3.16. The van der Waals surface area contributed by atoms with E-state index in [0.29, 0.717) is 23.8 Å². The lowest BCUT2D eigenvalue weighted by Gasteiger charge is -2.22. The maximum atomic E-state index is 13.0. The standard InChI is InChI=1S/C19H24FN3OS.2ClH/c1-13-18(19(24)22-10-8-15-3-2-9-21-12-15)25-17(23-13)11-14-4-6-16(20)7-5-14;;/h4-7,15,21H,2-3,8-12H2,1H3,(H,22,24);2*1H. The predicted molar refractivity (Wildman–Crippen MR) is 113 cm³/mol. The van der Waals surface area contributed by atoms with E-state index in [9.17, 15) is 9.18 Å². The van der Waals surface area contributed by atoms with E-state index in [1.165, 1.54) is 36.3 Å². The van der Waals surface area contributed by atoms with Gasteiger partial charge in [0.15, 0.2) is 0 Å². The van der Waals surface area contributed by atoms with Gasteiger partial charge in [-0.2, -0.15) is 0 Å². The highest BCUT2D eigenvalue weighted by Crippen LogP contribution is 2.21. The number of aryl methyl sites for hydroxylation is 1. The number of benzene rings is 1. The molecule has 1 aromatic carbocycles. The second-order valence-corrected chi connectivity index (χ2v) is 7.67. The summed E-state index contributed by atoms with van der Waals surface area (Å²) in [5, 5.41) is 7.31. The van der Waals surface area contributed by atoms with Gasteiger partial charge in [0.25, 0.3) is 5.91 Å². The van der Waals surface area contributed by atoms with Gasteiger partial charge in [-0.25, -0.2) is 9.37 Å². The first kappa shape index (κ1) is 23.8. The molecule has 0 radical (unpaired) electrons. The molecule has 8 heteroatoms. The van der Waals surface area contributed by atoms with Crippen molar-refractivity contribution in [1.82, 2.24) is 15.6 Å². The number of piperidine rings is 1. The molecule has 2 N–H and O–H groups in total. The number of amides is 1. The van der Waals surface area contributed by atoms with Crippen LogP contribution in [0.2, 0.25) is 0 Å². The van der Waals surface area contributed by atoms with Crippen LogP contribution in [0.3, 0.4) is 0 Å². The number of nitrogens with zero attached hydrogens (tertiary/aromatic N) is 1. The molecule has 1 saturated heterocycles. The Balaban J connectivity index is 0.00000182. The first-order valence-corrected chi connectivity index (χ1v) is 9.63. The summed E-state index contributed by atoms with van der Waals surface area (Å²) in [4.78, 5) is 17.6. The van der Waals surface area contributed by atoms with Crippen LogP contribution in [-0.4, -0.2) is 30.5 Å². The Morgan fingerprint density at radius 2 is 2.07 bits per heavy atom. The lowest BCUT2D eigenvalue weighted by atomic mass is 9.96. The molecule has 1 aliphatic heterocycles. The van der Waals surface area contributed by atoms with Gasteiger partial charge in [0, 0.05) is 13.0 Å². The van der Waals surface area contributed by atoms with E-state index in [-0.39, 0.29) is 36.5 Å². The van der Waals surface area contributed by atoms with E-state index in [4.69, 9.17) is 0 Å². The molecule has 27 heavy (non-hydrogen) atoms. The summed E-state index contributed by atoms with van der Waals surface area (Å²) in [6.07, 6.45) is 4.09. The second kappa shape index (κ2) is 11.6. The highest BCUT2D eigenvalue weighted by molar-refractivity contribution is 7.13. The lowest BCUT2D eigenvalue weighted by Crippen LogP contribution is -2.33. The van der Waals surface area contributed by atoms with Gasteiger partial charge in [-0.3, -0.25) is 4.79 Å². The van der Waals surface area contributed by atoms with Crippen LogP contribution in [0.1, 0.15) is 45.2 Å². The van der Waals surface area contributed by atoms with E-state index in [1.807, 2.05) is 6.92 Å². The number of hydrogen-bond donors (Lipinski definition) is 2. The van der Waals surface area contributed by atoms with Crippen LogP contribution in [0.15, 0.2) is 24.3 Å². The molecule has 1 atom stereocenters. The Hall–Kier alpha value is -1.21. The van der Waals surface area contributed by atoms with Gasteiger partial charge in [-0.15, -0.1) is 36.2 Å². The van der Waals surface area contributed by atoms with Gasteiger partial charge in [-0.1, -0.05) is 12.1 Å². The van der Waals surface area contributed by atoms with E-state index in [0.717, 1.165) is 35.8 Å². The molecule has 1 unspecified atom stereocenters. The number of nitrogens with one attached hydrogen (secondary N) is 2. The van der Waals surface area contributed by atoms with Crippen molar-refractivity contribution in [3.63, 3.8) is 0 Å². The fourth-order valence-corrected chi connectivity index (χ4v) is 4.17. The maximum Gasteiger partial charge on any atom is 0.263 e. The molecule has 1 fully saturated rings. The molecule has 1 aromatic heterocycles. The highest BCUT2D eigenvalue weighted by atomic mass is 35.5. The van der Waals surface area contributed by atoms with Crippen molar-refractivity contribution in [2.24, 2.45) is 5.92 Å². The van der Waals surface area contributed by atoms with Crippen molar-refractivity contribution in [2.75, 3.05) is 19.6 Å². The Labute approximate surface area is 176 Å². The van der Waals surface area contributed by atoms with Crippen molar-refractivity contribution >= 4 is 42.1 Å². The van der Waals surface area contributed by atoms with Crippen molar-refractivity contribution in [1.29, 1.82) is 0 Å². The zero-order valence-corrected chi connectivity index (χ0v) is 17.7. The SMILES string of the molecule is Cc1nc(Cc2ccc(F)cc2)sc1C(=O)NCCC1CCCNC1.Cl.Cl. The Morgan fingerprint density at radius 1 is 1.33 bits per heavy atom. The average molecular weight is 434 g/mol. The van der Waals surface area contributed by atoms with Crippen molar-refractivity contribution in [2.45, 2.75) is 32.6 Å². The highest BCUT2D eigenvalue weighted by Gasteiger charge is 2.17. The topological polar surface area (TPSA) is 54.0 Å². The van der Waals surface area contributed by atoms with Crippen molar-refractivity contribution < 1.29 is 9.18 Å². The summed E-state index contributed by atoms with van der Waals surface area (Å²) in [5.41, 5.74) is 1.76. The van der Waals surface area contributed by atoms with Gasteiger partial charge in [0.2, 0.25) is 0 Å². The molecule has 3 rings (SSSR count). The minimum atomic E-state index is -0.243. The second-order valence-electron chi connectivity index (χ2n) is 6.58. The molecule has 150 valence electrons. The van der Waals surface area contributed by atoms with E-state index >= 15 is 0 Å². The third-order valence-corrected chi connectivity index (χ3v) is 5.71. The first-order valence-electron chi connectivity index (χ1n) is 8.81. The van der Waals surface area contributed by atoms with Gasteiger partial charge < -0.3 is 10.6 Å². The summed E-state index contributed by atoms with van der Waals surface area (Å²) in [6, 6.07) is 6.40. The van der Waals surface area contributed by atoms with Gasteiger partial charge in [0.05, 0.1) is 10.7 Å². The van der Waals surface area contributed by atoms with E-state index in [1.54, 1.807) is 12.1 Å². The van der Waals surface area contributed by atoms with Crippen LogP contribution in [0.5, 0.6) is 0 Å². The van der Waals surface area contributed by atoms with E-state index in [2.05, 4.69) is 15.6 Å². The average Bonchev–Trinajstić information content (AvgIpc) is 2.98. The summed E-state index contributed by atoms with van der Waals surface area (Å²) in [7, 11) is 0. The van der Waals surface area contributed by atoms with Gasteiger partial charge >= 0.3 is 0 Å². The number of aromatic nitrogens is 1. The maximum absolute atomic E-state index is 13.0. The summed E-state index contributed by atoms with van der Waals surface area (Å²) in [5.74, 6) is 0.377. The minimum Gasteiger partial charge on any atom is -0.351 e. The number of hydrogen-bond acceptors (Lipinski definition) is 4. The van der Waals surface area contributed by atoms with Crippen molar-refractivity contribution in [3.8, 4) is 0 Å². The van der Waals surface area contributed by atoms with Crippen LogP contribution in [0, 0.1) is 18.7 Å². The van der Waals surface area contributed by atoms with Crippen LogP contribution in [0.4, 0.5) is 4.39 Å². The normalized spacial score (nSPS) is 16.1. The number of carbonyl (C=O) groups is 1. The summed E-state index contributed by atoms with van der Waals surface area (Å²) >= 11 is 1.42. The molecule has 0 spiro atoms. The minimum absolute atomic E-state index is 0. The number of carbonyl (C=O) groups excluding carboxylic acids is 1. The Bertz CT molecular complexity index is 718. The third-order valence-electron chi connectivity index (χ3n) is 4.55. The molecule has 0 bridgehead atoms. The number of thiazole rings is 1. The zero-order chi connectivity index (χ0) is 17.6. The van der Waals surface area contributed by atoms with Gasteiger partial charge in [-0.05, 0) is 62.9 Å². The van der Waals surface area contributed by atoms with Gasteiger partial charge in [0.1, 0.15) is 10.7 Å². The molecule has 1 amide bonds. The number of rotatable bonds is 6. The van der Waals surface area contributed by atoms with E-state index < -0.39 is 0 Å². The molecule has 2 heterocycles. The van der Waals surface area contributed by atoms with Crippen LogP contribution >= 0.6 is 36.2 Å². The smallest absolute Gasteiger partial charge is 0.263 e. The molecule has 1 aliphatic rings. The zero-order valence-electron chi connectivity index (χ0n) is 15.3. The monoisotopic (exact) mass is 433 g/mol. The van der Waals surface area contributed by atoms with Crippen LogP contribution in [-0.2, 0) is 6.42 Å². The molecule has 2 aromatic rings. The van der Waals surface area contributed by atoms with Crippen LogP contribution in [0.25, 0.3) is 0 Å². The number of halogens is 3. The molecule has 0 saturated carbocycles. The quantitative estimate of drug-likeness (QED) is 0.719. The summed E-state index contributed by atoms with van der Waals surface area (Å²) in [6.45, 7) is 4.73. The Morgan fingerprint density at radius 3 is 2.74 bits per heavy atom. The van der Waals surface area contributed by atoms with Crippen molar-refractivity contribution in [3.05, 3.63) is 51.2 Å². The molecule has 0 aliphatic carbocycles. The first-order chi connectivity index (χ1) is 12.1. The lowest BCUT2D eigenvalue weighted by molar-refractivity contribution is 0.0954. The fraction of sp³-hybridized carbons (Fsp3) is 0.474. The molecular weight excluding hydrogens is 408 g/mol. The molecule has 4 nitrogen and oxygen atoms in total. The third kappa shape index (κ3) is 7.03. The predicted octanol–water partition coefficient (Wildman–Crippen LogP) is 4.14. The largest absolute Gasteiger partial charge is 0.351 e. The Kier molecular flexibility index (Phi) is 10.2. The molecular formula is C19H26Cl2FN3OS. The summed E-state index contributed by atoms with van der Waals surface area (Å²) < 4.78 is 13.0.